The molecule has 0 spiro atoms. The van der Waals surface area contributed by atoms with E-state index in [-0.39, 0.29) is 5.97 Å². The number of carbonyl (C=O) groups excluding carboxylic acids is 2. The first kappa shape index (κ1) is 23.3. The molecular formula is C28H26N4O4. The van der Waals surface area contributed by atoms with Gasteiger partial charge in [0.25, 0.3) is 0 Å². The maximum absolute atomic E-state index is 12.5. The second-order valence-electron chi connectivity index (χ2n) is 8.76. The number of nitrogens with one attached hydrogen (secondary N) is 1. The Morgan fingerprint density at radius 3 is 2.39 bits per heavy atom. The molecular weight excluding hydrogens is 456 g/mol. The molecule has 8 nitrogen and oxygen atoms in total. The van der Waals surface area contributed by atoms with Crippen molar-refractivity contribution in [2.24, 2.45) is 0 Å². The van der Waals surface area contributed by atoms with Gasteiger partial charge in [0, 0.05) is 11.6 Å². The summed E-state index contributed by atoms with van der Waals surface area (Å²) in [5, 5.41) is 7.06. The van der Waals surface area contributed by atoms with Crippen LogP contribution < -0.4 is 5.32 Å². The normalized spacial score (nSPS) is 14.5. The minimum Gasteiger partial charge on any atom is -0.468 e. The van der Waals surface area contributed by atoms with Gasteiger partial charge in [-0.1, -0.05) is 54.6 Å². The number of aromatic nitrogens is 3. The van der Waals surface area contributed by atoms with E-state index in [9.17, 15) is 9.59 Å². The molecule has 1 aliphatic rings. The Hall–Kier alpha value is -4.46. The minimum absolute atomic E-state index is 0.181. The van der Waals surface area contributed by atoms with Gasteiger partial charge < -0.3 is 9.47 Å². The fraction of sp³-hybridized carbons (Fsp3) is 0.214. The summed E-state index contributed by atoms with van der Waals surface area (Å²) in [6, 6.07) is 22.8. The van der Waals surface area contributed by atoms with Crippen LogP contribution in [-0.4, -0.2) is 33.9 Å². The predicted octanol–water partition coefficient (Wildman–Crippen LogP) is 5.45. The minimum atomic E-state index is -0.571. The van der Waals surface area contributed by atoms with Crippen molar-refractivity contribution in [1.29, 1.82) is 0 Å². The monoisotopic (exact) mass is 482 g/mol. The average Bonchev–Trinajstić information content (AvgIpc) is 3.61. The molecule has 2 aromatic carbocycles. The first-order valence-corrected chi connectivity index (χ1v) is 11.7. The van der Waals surface area contributed by atoms with E-state index in [4.69, 9.17) is 9.47 Å². The zero-order valence-corrected chi connectivity index (χ0v) is 20.0. The Labute approximate surface area is 208 Å². The topological polar surface area (TPSA) is 95.3 Å². The van der Waals surface area contributed by atoms with Gasteiger partial charge in [-0.3, -0.25) is 15.1 Å². The number of hydrogen-bond donors (Lipinski definition) is 1. The van der Waals surface area contributed by atoms with E-state index in [2.05, 4.69) is 15.4 Å². The summed E-state index contributed by atoms with van der Waals surface area (Å²) >= 11 is 0. The number of amides is 1. The van der Waals surface area contributed by atoms with Crippen molar-refractivity contribution in [2.45, 2.75) is 31.3 Å². The van der Waals surface area contributed by atoms with Gasteiger partial charge in [-0.05, 0) is 43.0 Å². The van der Waals surface area contributed by atoms with Gasteiger partial charge in [-0.2, -0.15) is 5.10 Å². The third-order valence-corrected chi connectivity index (χ3v) is 6.48. The van der Waals surface area contributed by atoms with Crippen LogP contribution in [0.15, 0.2) is 85.2 Å². The molecule has 1 amide bonds. The van der Waals surface area contributed by atoms with E-state index in [1.54, 1.807) is 23.1 Å². The summed E-state index contributed by atoms with van der Waals surface area (Å²) in [7, 11) is 1.43. The van der Waals surface area contributed by atoms with Gasteiger partial charge in [-0.15, -0.1) is 0 Å². The summed E-state index contributed by atoms with van der Waals surface area (Å²) in [6.45, 7) is 1.82. The second-order valence-corrected chi connectivity index (χ2v) is 8.76. The third kappa shape index (κ3) is 4.57. The first-order chi connectivity index (χ1) is 17.5. The van der Waals surface area contributed by atoms with Crippen LogP contribution in [0.3, 0.4) is 0 Å². The average molecular weight is 483 g/mol. The first-order valence-electron chi connectivity index (χ1n) is 11.7. The molecule has 8 heteroatoms. The van der Waals surface area contributed by atoms with Crippen molar-refractivity contribution in [2.75, 3.05) is 12.4 Å². The van der Waals surface area contributed by atoms with Crippen molar-refractivity contribution in [3.63, 3.8) is 0 Å². The van der Waals surface area contributed by atoms with Crippen LogP contribution in [-0.2, 0) is 19.7 Å². The predicted molar refractivity (Wildman–Crippen MR) is 135 cm³/mol. The van der Waals surface area contributed by atoms with E-state index in [1.807, 2.05) is 73.7 Å². The molecule has 36 heavy (non-hydrogen) atoms. The lowest BCUT2D eigenvalue weighted by molar-refractivity contribution is -0.143. The van der Waals surface area contributed by atoms with Crippen LogP contribution in [0.5, 0.6) is 0 Å². The fourth-order valence-corrected chi connectivity index (χ4v) is 4.26. The Bertz CT molecular complexity index is 1360. The molecule has 5 rings (SSSR count). The quantitative estimate of drug-likeness (QED) is 0.352. The van der Waals surface area contributed by atoms with Gasteiger partial charge in [0.05, 0.1) is 36.3 Å². The Morgan fingerprint density at radius 2 is 1.75 bits per heavy atom. The molecule has 1 N–H and O–H groups in total. The highest BCUT2D eigenvalue weighted by molar-refractivity contribution is 5.87. The Balaban J connectivity index is 1.27. The van der Waals surface area contributed by atoms with Crippen molar-refractivity contribution in [1.82, 2.24) is 14.8 Å². The second kappa shape index (κ2) is 9.65. The highest BCUT2D eigenvalue weighted by Gasteiger charge is 2.52. The zero-order valence-electron chi connectivity index (χ0n) is 20.0. The van der Waals surface area contributed by atoms with Crippen LogP contribution in [0.2, 0.25) is 0 Å². The van der Waals surface area contributed by atoms with Crippen LogP contribution in [0.4, 0.5) is 10.6 Å². The van der Waals surface area contributed by atoms with Crippen molar-refractivity contribution in [3.8, 4) is 16.9 Å². The zero-order chi connectivity index (χ0) is 25.1. The van der Waals surface area contributed by atoms with Gasteiger partial charge in [-0.25, -0.2) is 9.48 Å². The molecule has 4 aromatic rings. The fourth-order valence-electron chi connectivity index (χ4n) is 4.26. The molecule has 182 valence electrons. The van der Waals surface area contributed by atoms with Gasteiger partial charge in [0.2, 0.25) is 0 Å². The number of carbonyl (C=O) groups is 2. The van der Waals surface area contributed by atoms with Crippen molar-refractivity contribution in [3.05, 3.63) is 96.3 Å². The van der Waals surface area contributed by atoms with Crippen molar-refractivity contribution < 1.29 is 19.1 Å². The molecule has 0 unspecified atom stereocenters. The van der Waals surface area contributed by atoms with E-state index in [0.717, 1.165) is 35.2 Å². The summed E-state index contributed by atoms with van der Waals surface area (Å²) in [5.74, 6) is 0.288. The van der Waals surface area contributed by atoms with Crippen LogP contribution in [0.1, 0.15) is 37.0 Å². The summed E-state index contributed by atoms with van der Waals surface area (Å²) in [4.78, 5) is 29.2. The molecule has 1 saturated carbocycles. The molecule has 1 aliphatic carbocycles. The molecule has 0 bridgehead atoms. The number of benzene rings is 2. The van der Waals surface area contributed by atoms with E-state index < -0.39 is 17.6 Å². The number of ether oxygens (including phenoxy) is 2. The SMILES string of the molecule is COC(=O)C1(c2ccc(-c3ccc(-n4nccc4NC(=O)O[C@H](C)c4ccccc4)cn3)cc2)CC1. The number of nitrogens with zero attached hydrogens (tertiary/aromatic N) is 3. The largest absolute Gasteiger partial charge is 0.468 e. The standard InChI is InChI=1S/C28H26N4O4/c1-19(20-6-4-3-5-7-20)36-27(34)31-25-14-17-30-32(25)23-12-13-24(29-18-23)21-8-10-22(11-9-21)28(15-16-28)26(33)35-2/h3-14,17-19H,15-16H2,1-2H3,(H,31,34)/t19-/m1/s1. The molecule has 0 radical (unpaired) electrons. The highest BCUT2D eigenvalue weighted by atomic mass is 16.6. The molecule has 1 atom stereocenters. The molecule has 0 aliphatic heterocycles. The Morgan fingerprint density at radius 1 is 1.00 bits per heavy atom. The number of methoxy groups -OCH3 is 1. The number of pyridine rings is 1. The molecule has 0 saturated heterocycles. The van der Waals surface area contributed by atoms with Crippen molar-refractivity contribution >= 4 is 17.9 Å². The molecule has 2 aromatic heterocycles. The lowest BCUT2D eigenvalue weighted by Gasteiger charge is -2.15. The summed E-state index contributed by atoms with van der Waals surface area (Å²) in [6.07, 6.45) is 3.94. The van der Waals surface area contributed by atoms with Gasteiger partial charge in [0.15, 0.2) is 0 Å². The molecule has 2 heterocycles. The number of anilines is 1. The lowest BCUT2D eigenvalue weighted by atomic mass is 9.94. The van der Waals surface area contributed by atoms with Crippen LogP contribution >= 0.6 is 0 Å². The van der Waals surface area contributed by atoms with Gasteiger partial charge in [0.1, 0.15) is 11.9 Å². The van der Waals surface area contributed by atoms with Crippen LogP contribution in [0, 0.1) is 0 Å². The number of rotatable bonds is 7. The van der Waals surface area contributed by atoms with Crippen LogP contribution in [0.25, 0.3) is 16.9 Å². The summed E-state index contributed by atoms with van der Waals surface area (Å²) < 4.78 is 12.1. The van der Waals surface area contributed by atoms with E-state index >= 15 is 0 Å². The molecule has 1 fully saturated rings. The summed E-state index contributed by atoms with van der Waals surface area (Å²) in [5.41, 5.74) is 3.79. The third-order valence-electron chi connectivity index (χ3n) is 6.48. The maximum atomic E-state index is 12.5. The maximum Gasteiger partial charge on any atom is 0.413 e. The lowest BCUT2D eigenvalue weighted by Crippen LogP contribution is -2.21. The highest BCUT2D eigenvalue weighted by Crippen LogP contribution is 2.49. The Kier molecular flexibility index (Phi) is 6.25. The van der Waals surface area contributed by atoms with Gasteiger partial charge >= 0.3 is 12.1 Å². The van der Waals surface area contributed by atoms with E-state index in [1.165, 1.54) is 7.11 Å². The number of hydrogen-bond acceptors (Lipinski definition) is 6. The van der Waals surface area contributed by atoms with E-state index in [0.29, 0.717) is 11.5 Å². The number of esters is 1. The smallest absolute Gasteiger partial charge is 0.413 e.